The van der Waals surface area contributed by atoms with Crippen molar-refractivity contribution in [2.45, 2.75) is 12.3 Å². The Kier molecular flexibility index (Phi) is 4.14. The Labute approximate surface area is 126 Å². The molecule has 0 aliphatic carbocycles. The molecular weight excluding hydrogens is 292 g/mol. The molecule has 0 N–H and O–H groups in total. The number of alkyl halides is 1. The maximum absolute atomic E-state index is 5.84. The Morgan fingerprint density at radius 1 is 1.20 bits per heavy atom. The van der Waals surface area contributed by atoms with Crippen molar-refractivity contribution in [1.82, 2.24) is 9.97 Å². The topological polar surface area (TPSA) is 35.0 Å². The van der Waals surface area contributed by atoms with E-state index < -0.39 is 0 Å². The highest BCUT2D eigenvalue weighted by atomic mass is 35.5. The Balaban J connectivity index is 1.68. The second-order valence-electron chi connectivity index (χ2n) is 4.30. The van der Waals surface area contributed by atoms with Crippen molar-refractivity contribution in [3.63, 3.8) is 0 Å². The minimum Gasteiger partial charge on any atom is -0.491 e. The molecule has 3 aromatic rings. The van der Waals surface area contributed by atoms with Crippen LogP contribution in [0.5, 0.6) is 5.75 Å². The van der Waals surface area contributed by atoms with E-state index >= 15 is 0 Å². The van der Waals surface area contributed by atoms with Crippen LogP contribution >= 0.6 is 22.9 Å². The highest BCUT2D eigenvalue weighted by Crippen LogP contribution is 2.23. The fourth-order valence-corrected chi connectivity index (χ4v) is 2.97. The Morgan fingerprint density at radius 2 is 2.10 bits per heavy atom. The van der Waals surface area contributed by atoms with Crippen LogP contribution in [0.2, 0.25) is 0 Å². The lowest BCUT2D eigenvalue weighted by Gasteiger charge is -2.07. The summed E-state index contributed by atoms with van der Waals surface area (Å²) in [6, 6.07) is 9.91. The monoisotopic (exact) mass is 304 g/mol. The zero-order valence-corrected chi connectivity index (χ0v) is 12.3. The molecule has 3 nitrogen and oxygen atoms in total. The van der Waals surface area contributed by atoms with Crippen molar-refractivity contribution in [2.75, 3.05) is 6.61 Å². The van der Waals surface area contributed by atoms with Gasteiger partial charge < -0.3 is 4.74 Å². The first-order valence-electron chi connectivity index (χ1n) is 6.32. The van der Waals surface area contributed by atoms with Crippen LogP contribution in [0.4, 0.5) is 0 Å². The summed E-state index contributed by atoms with van der Waals surface area (Å²) >= 11 is 7.36. The van der Waals surface area contributed by atoms with E-state index in [1.165, 1.54) is 0 Å². The molecule has 2 heterocycles. The molecule has 20 heavy (non-hydrogen) atoms. The molecule has 0 unspecified atom stereocenters. The number of pyridine rings is 1. The molecule has 0 radical (unpaired) electrons. The van der Waals surface area contributed by atoms with Crippen molar-refractivity contribution in [3.05, 3.63) is 52.6 Å². The lowest BCUT2D eigenvalue weighted by atomic mass is 10.2. The van der Waals surface area contributed by atoms with Gasteiger partial charge in [0.1, 0.15) is 11.3 Å². The number of nitrogens with zero attached hydrogens (tertiary/aromatic N) is 2. The van der Waals surface area contributed by atoms with Crippen LogP contribution in [-0.2, 0) is 12.3 Å². The zero-order valence-electron chi connectivity index (χ0n) is 10.8. The maximum Gasteiger partial charge on any atom is 0.145 e. The number of benzene rings is 1. The molecule has 0 saturated carbocycles. The third-order valence-electron chi connectivity index (χ3n) is 2.91. The molecule has 0 spiro atoms. The number of hydrogen-bond acceptors (Lipinski definition) is 4. The van der Waals surface area contributed by atoms with Crippen molar-refractivity contribution in [2.24, 2.45) is 0 Å². The molecule has 102 valence electrons. The summed E-state index contributed by atoms with van der Waals surface area (Å²) in [7, 11) is 0. The summed E-state index contributed by atoms with van der Waals surface area (Å²) in [4.78, 5) is 8.78. The minimum atomic E-state index is 0.463. The van der Waals surface area contributed by atoms with Gasteiger partial charge >= 0.3 is 0 Å². The minimum absolute atomic E-state index is 0.463. The number of thiazole rings is 1. The van der Waals surface area contributed by atoms with E-state index in [9.17, 15) is 0 Å². The van der Waals surface area contributed by atoms with Crippen LogP contribution in [0.25, 0.3) is 10.9 Å². The third kappa shape index (κ3) is 2.92. The molecule has 5 heteroatoms. The molecule has 0 aliphatic rings. The lowest BCUT2D eigenvalue weighted by molar-refractivity contribution is 0.325. The molecule has 0 amide bonds. The van der Waals surface area contributed by atoms with Gasteiger partial charge in [0.2, 0.25) is 0 Å². The number of ether oxygens (including phenoxy) is 1. The van der Waals surface area contributed by atoms with Gasteiger partial charge in [0.15, 0.2) is 0 Å². The number of halogens is 1. The van der Waals surface area contributed by atoms with E-state index in [1.54, 1.807) is 17.5 Å². The first kappa shape index (κ1) is 13.3. The van der Waals surface area contributed by atoms with E-state index in [-0.39, 0.29) is 0 Å². The van der Waals surface area contributed by atoms with Gasteiger partial charge in [-0.15, -0.1) is 22.9 Å². The number of aromatic nitrogens is 2. The smallest absolute Gasteiger partial charge is 0.145 e. The van der Waals surface area contributed by atoms with Gasteiger partial charge in [-0.1, -0.05) is 18.2 Å². The van der Waals surface area contributed by atoms with Gasteiger partial charge in [0, 0.05) is 23.4 Å². The van der Waals surface area contributed by atoms with Crippen LogP contribution in [0.15, 0.2) is 41.9 Å². The van der Waals surface area contributed by atoms with Crippen molar-refractivity contribution >= 4 is 33.8 Å². The van der Waals surface area contributed by atoms with E-state index in [0.717, 1.165) is 33.8 Å². The molecule has 0 aliphatic heterocycles. The molecule has 1 aromatic carbocycles. The Bertz CT molecular complexity index is 708. The van der Waals surface area contributed by atoms with E-state index in [0.29, 0.717) is 12.5 Å². The molecule has 0 bridgehead atoms. The summed E-state index contributed by atoms with van der Waals surface area (Å²) < 4.78 is 5.84. The standard InChI is InChI=1S/C15H13ClN2OS/c16-9-12-10-20-14(18-12)6-8-19-13-5-1-3-11-4-2-7-17-15(11)13/h1-5,7,10H,6,8-9H2. The fraction of sp³-hybridized carbons (Fsp3) is 0.200. The quantitative estimate of drug-likeness (QED) is 0.667. The second kappa shape index (κ2) is 6.20. The summed E-state index contributed by atoms with van der Waals surface area (Å²) in [5.74, 6) is 1.28. The van der Waals surface area contributed by atoms with Crippen molar-refractivity contribution < 1.29 is 4.74 Å². The average Bonchev–Trinajstić information content (AvgIpc) is 2.95. The first-order chi connectivity index (χ1) is 9.86. The molecule has 2 aromatic heterocycles. The van der Waals surface area contributed by atoms with Crippen molar-refractivity contribution in [3.8, 4) is 5.75 Å². The maximum atomic E-state index is 5.84. The predicted octanol–water partition coefficient (Wildman–Crippen LogP) is 4.05. The summed E-state index contributed by atoms with van der Waals surface area (Å²) in [6.07, 6.45) is 2.56. The van der Waals surface area contributed by atoms with Crippen LogP contribution in [0.3, 0.4) is 0 Å². The van der Waals surface area contributed by atoms with Gasteiger partial charge in [-0.2, -0.15) is 0 Å². The van der Waals surface area contributed by atoms with Gasteiger partial charge in [-0.25, -0.2) is 4.98 Å². The predicted molar refractivity (Wildman–Crippen MR) is 82.6 cm³/mol. The van der Waals surface area contributed by atoms with Crippen LogP contribution in [0, 0.1) is 0 Å². The molecule has 3 rings (SSSR count). The first-order valence-corrected chi connectivity index (χ1v) is 7.74. The number of rotatable bonds is 5. The van der Waals surface area contributed by atoms with Gasteiger partial charge in [0.25, 0.3) is 0 Å². The molecule has 0 saturated heterocycles. The fourth-order valence-electron chi connectivity index (χ4n) is 1.97. The SMILES string of the molecule is ClCc1csc(CCOc2cccc3cccnc23)n1. The van der Waals surface area contributed by atoms with E-state index in [2.05, 4.69) is 9.97 Å². The zero-order chi connectivity index (χ0) is 13.8. The largest absolute Gasteiger partial charge is 0.491 e. The molecule has 0 fully saturated rings. The summed E-state index contributed by atoms with van der Waals surface area (Å²) in [5.41, 5.74) is 1.83. The van der Waals surface area contributed by atoms with Gasteiger partial charge in [0.05, 0.1) is 23.2 Å². The second-order valence-corrected chi connectivity index (χ2v) is 5.51. The Morgan fingerprint density at radius 3 is 2.95 bits per heavy atom. The van der Waals surface area contributed by atoms with E-state index in [4.69, 9.17) is 16.3 Å². The molecule has 0 atom stereocenters. The van der Waals surface area contributed by atoms with Crippen molar-refractivity contribution in [1.29, 1.82) is 0 Å². The number of para-hydroxylation sites is 1. The number of hydrogen-bond donors (Lipinski definition) is 0. The number of fused-ring (bicyclic) bond motifs is 1. The lowest BCUT2D eigenvalue weighted by Crippen LogP contribution is -2.02. The average molecular weight is 305 g/mol. The van der Waals surface area contributed by atoms with Gasteiger partial charge in [-0.05, 0) is 12.1 Å². The third-order valence-corrected chi connectivity index (χ3v) is 4.14. The van der Waals surface area contributed by atoms with Crippen LogP contribution < -0.4 is 4.74 Å². The highest BCUT2D eigenvalue weighted by molar-refractivity contribution is 7.09. The summed E-state index contributed by atoms with van der Waals surface area (Å²) in [6.45, 7) is 0.588. The molecular formula is C15H13ClN2OS. The summed E-state index contributed by atoms with van der Waals surface area (Å²) in [5, 5.41) is 4.12. The normalized spacial score (nSPS) is 10.8. The highest BCUT2D eigenvalue weighted by Gasteiger charge is 2.04. The van der Waals surface area contributed by atoms with E-state index in [1.807, 2.05) is 35.7 Å². The van der Waals surface area contributed by atoms with Crippen LogP contribution in [-0.4, -0.2) is 16.6 Å². The Hall–Kier alpha value is -1.65. The van der Waals surface area contributed by atoms with Gasteiger partial charge in [-0.3, -0.25) is 4.98 Å². The van der Waals surface area contributed by atoms with Crippen LogP contribution in [0.1, 0.15) is 10.7 Å².